The molecule has 0 heterocycles. The van der Waals surface area contributed by atoms with Crippen LogP contribution >= 0.6 is 0 Å². The Morgan fingerprint density at radius 1 is 1.00 bits per heavy atom. The molecule has 0 fully saturated rings. The van der Waals surface area contributed by atoms with Gasteiger partial charge in [-0.2, -0.15) is 0 Å². The van der Waals surface area contributed by atoms with E-state index in [0.717, 1.165) is 32.1 Å². The van der Waals surface area contributed by atoms with E-state index in [1.165, 1.54) is 19.3 Å². The zero-order valence-electron chi connectivity index (χ0n) is 11.3. The van der Waals surface area contributed by atoms with Crippen LogP contribution in [0.2, 0.25) is 0 Å². The first-order valence-electron chi connectivity index (χ1n) is 6.92. The van der Waals surface area contributed by atoms with Crippen molar-refractivity contribution in [2.45, 2.75) is 72.1 Å². The molecule has 96 valence electrons. The monoisotopic (exact) mass is 228 g/mol. The maximum Gasteiger partial charge on any atom is 0.308 e. The molecule has 0 amide bonds. The normalized spacial score (nSPS) is 12.4. The van der Waals surface area contributed by atoms with Crippen molar-refractivity contribution >= 4 is 5.97 Å². The van der Waals surface area contributed by atoms with E-state index in [2.05, 4.69) is 20.8 Å². The lowest BCUT2D eigenvalue weighted by Gasteiger charge is -2.13. The van der Waals surface area contributed by atoms with Gasteiger partial charge in [-0.25, -0.2) is 0 Å². The fraction of sp³-hybridized carbons (Fsp3) is 0.929. The van der Waals surface area contributed by atoms with Gasteiger partial charge in [0.1, 0.15) is 0 Å². The van der Waals surface area contributed by atoms with Gasteiger partial charge in [-0.3, -0.25) is 4.79 Å². The predicted molar refractivity (Wildman–Crippen MR) is 68.4 cm³/mol. The summed E-state index contributed by atoms with van der Waals surface area (Å²) in [5.74, 6) is 0.154. The molecular weight excluding hydrogens is 200 g/mol. The highest BCUT2D eigenvalue weighted by Crippen LogP contribution is 2.16. The zero-order valence-corrected chi connectivity index (χ0v) is 11.3. The molecule has 0 aromatic rings. The molecule has 0 saturated carbocycles. The van der Waals surface area contributed by atoms with Gasteiger partial charge in [-0.15, -0.1) is 0 Å². The second-order valence-electron chi connectivity index (χ2n) is 4.48. The molecule has 0 radical (unpaired) electrons. The lowest BCUT2D eigenvalue weighted by atomic mass is 9.98. The average molecular weight is 228 g/mol. The fourth-order valence-corrected chi connectivity index (χ4v) is 1.74. The van der Waals surface area contributed by atoms with E-state index in [1.807, 2.05) is 0 Å². The molecule has 0 N–H and O–H groups in total. The standard InChI is InChI=1S/C14H28O2/c1-4-7-9-10-11-13(6-3)14(15)16-12-8-5-2/h13H,4-12H2,1-3H3. The summed E-state index contributed by atoms with van der Waals surface area (Å²) in [5, 5.41) is 0. The van der Waals surface area contributed by atoms with E-state index >= 15 is 0 Å². The molecule has 0 aliphatic carbocycles. The lowest BCUT2D eigenvalue weighted by Crippen LogP contribution is -2.17. The van der Waals surface area contributed by atoms with Crippen LogP contribution in [-0.4, -0.2) is 12.6 Å². The van der Waals surface area contributed by atoms with E-state index in [1.54, 1.807) is 0 Å². The van der Waals surface area contributed by atoms with Crippen molar-refractivity contribution < 1.29 is 9.53 Å². The largest absolute Gasteiger partial charge is 0.465 e. The number of carbonyl (C=O) groups is 1. The number of rotatable bonds is 10. The minimum Gasteiger partial charge on any atom is -0.465 e. The van der Waals surface area contributed by atoms with Crippen LogP contribution in [0.15, 0.2) is 0 Å². The van der Waals surface area contributed by atoms with Crippen LogP contribution in [0.4, 0.5) is 0 Å². The molecule has 2 nitrogen and oxygen atoms in total. The number of unbranched alkanes of at least 4 members (excludes halogenated alkanes) is 4. The summed E-state index contributed by atoms with van der Waals surface area (Å²) >= 11 is 0. The van der Waals surface area contributed by atoms with Crippen molar-refractivity contribution in [3.05, 3.63) is 0 Å². The average Bonchev–Trinajstić information content (AvgIpc) is 2.29. The minimum atomic E-state index is 0.0208. The Balaban J connectivity index is 3.65. The van der Waals surface area contributed by atoms with Crippen molar-refractivity contribution in [3.63, 3.8) is 0 Å². The molecule has 0 aliphatic heterocycles. The first-order valence-corrected chi connectivity index (χ1v) is 6.92. The number of ether oxygens (including phenoxy) is 1. The number of carbonyl (C=O) groups excluding carboxylic acids is 1. The van der Waals surface area contributed by atoms with Gasteiger partial charge in [0, 0.05) is 0 Å². The third-order valence-electron chi connectivity index (χ3n) is 2.97. The molecular formula is C14H28O2. The van der Waals surface area contributed by atoms with Crippen molar-refractivity contribution in [1.82, 2.24) is 0 Å². The van der Waals surface area contributed by atoms with Gasteiger partial charge in [0.15, 0.2) is 0 Å². The highest BCUT2D eigenvalue weighted by atomic mass is 16.5. The van der Waals surface area contributed by atoms with E-state index in [4.69, 9.17) is 4.74 Å². The van der Waals surface area contributed by atoms with Crippen molar-refractivity contribution in [2.75, 3.05) is 6.61 Å². The Morgan fingerprint density at radius 3 is 2.25 bits per heavy atom. The second-order valence-corrected chi connectivity index (χ2v) is 4.48. The van der Waals surface area contributed by atoms with Crippen LogP contribution in [-0.2, 0) is 9.53 Å². The molecule has 0 rings (SSSR count). The predicted octanol–water partition coefficient (Wildman–Crippen LogP) is 4.33. The first-order chi connectivity index (χ1) is 7.76. The van der Waals surface area contributed by atoms with Crippen LogP contribution in [0.1, 0.15) is 72.1 Å². The number of hydrogen-bond acceptors (Lipinski definition) is 2. The van der Waals surface area contributed by atoms with Crippen LogP contribution in [0.3, 0.4) is 0 Å². The number of esters is 1. The maximum atomic E-state index is 11.7. The summed E-state index contributed by atoms with van der Waals surface area (Å²) in [6.07, 6.45) is 8.92. The van der Waals surface area contributed by atoms with Gasteiger partial charge in [0.2, 0.25) is 0 Å². The third kappa shape index (κ3) is 7.72. The molecule has 0 aromatic carbocycles. The van der Waals surface area contributed by atoms with E-state index in [9.17, 15) is 4.79 Å². The van der Waals surface area contributed by atoms with Gasteiger partial charge < -0.3 is 4.74 Å². The maximum absolute atomic E-state index is 11.7. The van der Waals surface area contributed by atoms with Crippen LogP contribution in [0.5, 0.6) is 0 Å². The zero-order chi connectivity index (χ0) is 12.2. The Labute approximate surface area is 101 Å². The summed E-state index contributed by atoms with van der Waals surface area (Å²) in [6, 6.07) is 0. The molecule has 0 aromatic heterocycles. The molecule has 1 unspecified atom stereocenters. The van der Waals surface area contributed by atoms with Crippen LogP contribution < -0.4 is 0 Å². The molecule has 2 heteroatoms. The quantitative estimate of drug-likeness (QED) is 0.411. The van der Waals surface area contributed by atoms with Crippen LogP contribution in [0.25, 0.3) is 0 Å². The second kappa shape index (κ2) is 11.0. The summed E-state index contributed by atoms with van der Waals surface area (Å²) in [5.41, 5.74) is 0. The molecule has 0 saturated heterocycles. The topological polar surface area (TPSA) is 26.3 Å². The summed E-state index contributed by atoms with van der Waals surface area (Å²) < 4.78 is 5.25. The van der Waals surface area contributed by atoms with Gasteiger partial charge in [0.05, 0.1) is 12.5 Å². The molecule has 0 spiro atoms. The van der Waals surface area contributed by atoms with Crippen molar-refractivity contribution in [1.29, 1.82) is 0 Å². The molecule has 1 atom stereocenters. The summed E-state index contributed by atoms with van der Waals surface area (Å²) in [6.45, 7) is 6.98. The lowest BCUT2D eigenvalue weighted by molar-refractivity contribution is -0.149. The Bertz CT molecular complexity index is 166. The van der Waals surface area contributed by atoms with Gasteiger partial charge >= 0.3 is 5.97 Å². The first kappa shape index (κ1) is 15.5. The van der Waals surface area contributed by atoms with Gasteiger partial charge in [0.25, 0.3) is 0 Å². The highest BCUT2D eigenvalue weighted by Gasteiger charge is 2.16. The van der Waals surface area contributed by atoms with Crippen LogP contribution in [0, 0.1) is 5.92 Å². The Kier molecular flexibility index (Phi) is 10.6. The SMILES string of the molecule is CCCCCCC(CC)C(=O)OCCCC. The highest BCUT2D eigenvalue weighted by molar-refractivity contribution is 5.72. The smallest absolute Gasteiger partial charge is 0.308 e. The Morgan fingerprint density at radius 2 is 1.69 bits per heavy atom. The van der Waals surface area contributed by atoms with E-state index < -0.39 is 0 Å². The summed E-state index contributed by atoms with van der Waals surface area (Å²) in [4.78, 5) is 11.7. The molecule has 16 heavy (non-hydrogen) atoms. The molecule has 0 bridgehead atoms. The molecule has 0 aliphatic rings. The Hall–Kier alpha value is -0.530. The van der Waals surface area contributed by atoms with Gasteiger partial charge in [-0.05, 0) is 19.3 Å². The minimum absolute atomic E-state index is 0.0208. The van der Waals surface area contributed by atoms with Gasteiger partial charge in [-0.1, -0.05) is 52.9 Å². The summed E-state index contributed by atoms with van der Waals surface area (Å²) in [7, 11) is 0. The number of hydrogen-bond donors (Lipinski definition) is 0. The van der Waals surface area contributed by atoms with E-state index in [0.29, 0.717) is 6.61 Å². The van der Waals surface area contributed by atoms with E-state index in [-0.39, 0.29) is 11.9 Å². The van der Waals surface area contributed by atoms with Crippen molar-refractivity contribution in [2.24, 2.45) is 5.92 Å². The van der Waals surface area contributed by atoms with Crippen molar-refractivity contribution in [3.8, 4) is 0 Å². The third-order valence-corrected chi connectivity index (χ3v) is 2.97. The fourth-order valence-electron chi connectivity index (χ4n) is 1.74.